The molecule has 0 bridgehead atoms. The Morgan fingerprint density at radius 2 is 1.74 bits per heavy atom. The molecule has 1 aromatic heterocycles. The number of aromatic nitrogens is 1. The van der Waals surface area contributed by atoms with Crippen LogP contribution in [0.1, 0.15) is 27.6 Å². The number of amides is 2. The lowest BCUT2D eigenvalue weighted by molar-refractivity contribution is 0.0998. The first kappa shape index (κ1) is 20.1. The van der Waals surface area contributed by atoms with Gasteiger partial charge >= 0.3 is 0 Å². The predicted molar refractivity (Wildman–Crippen MR) is 121 cm³/mol. The maximum Gasteiger partial charge on any atom is 0.256 e. The van der Waals surface area contributed by atoms with Gasteiger partial charge in [-0.2, -0.15) is 0 Å². The number of anilines is 1. The summed E-state index contributed by atoms with van der Waals surface area (Å²) >= 11 is 0. The van der Waals surface area contributed by atoms with Crippen molar-refractivity contribution in [2.45, 2.75) is 6.92 Å². The van der Waals surface area contributed by atoms with Crippen molar-refractivity contribution in [2.24, 2.45) is 5.73 Å². The third-order valence-electron chi connectivity index (χ3n) is 4.83. The first-order chi connectivity index (χ1) is 15.0. The van der Waals surface area contributed by atoms with Crippen LogP contribution in [0.25, 0.3) is 22.2 Å². The van der Waals surface area contributed by atoms with Gasteiger partial charge in [-0.25, -0.2) is 4.98 Å². The van der Waals surface area contributed by atoms with Crippen LogP contribution in [-0.4, -0.2) is 23.4 Å². The fourth-order valence-electron chi connectivity index (χ4n) is 3.34. The van der Waals surface area contributed by atoms with E-state index in [1.54, 1.807) is 30.3 Å². The predicted octanol–water partition coefficient (Wildman–Crippen LogP) is 4.65. The van der Waals surface area contributed by atoms with E-state index in [2.05, 4.69) is 5.32 Å². The highest BCUT2D eigenvalue weighted by molar-refractivity contribution is 6.13. The summed E-state index contributed by atoms with van der Waals surface area (Å²) in [4.78, 5) is 29.1. The van der Waals surface area contributed by atoms with Gasteiger partial charge in [0, 0.05) is 22.2 Å². The van der Waals surface area contributed by atoms with Crippen LogP contribution >= 0.6 is 0 Å². The molecule has 1 heterocycles. The average Bonchev–Trinajstić information content (AvgIpc) is 2.79. The lowest BCUT2D eigenvalue weighted by Gasteiger charge is -2.12. The van der Waals surface area contributed by atoms with E-state index in [0.717, 1.165) is 22.2 Å². The summed E-state index contributed by atoms with van der Waals surface area (Å²) in [5.74, 6) is -0.0416. The summed E-state index contributed by atoms with van der Waals surface area (Å²) in [7, 11) is 0. The number of para-hydroxylation sites is 1. The van der Waals surface area contributed by atoms with Crippen molar-refractivity contribution in [3.63, 3.8) is 0 Å². The third-order valence-corrected chi connectivity index (χ3v) is 4.83. The third kappa shape index (κ3) is 4.38. The number of benzene rings is 3. The van der Waals surface area contributed by atoms with Gasteiger partial charge in [0.2, 0.25) is 5.91 Å². The second-order valence-corrected chi connectivity index (χ2v) is 6.93. The van der Waals surface area contributed by atoms with Gasteiger partial charge in [0.05, 0.1) is 23.4 Å². The van der Waals surface area contributed by atoms with Gasteiger partial charge in [0.1, 0.15) is 5.75 Å². The van der Waals surface area contributed by atoms with Crippen LogP contribution in [0, 0.1) is 0 Å². The van der Waals surface area contributed by atoms with Crippen LogP contribution in [0.5, 0.6) is 5.75 Å². The molecule has 0 radical (unpaired) electrons. The van der Waals surface area contributed by atoms with Crippen LogP contribution in [0.4, 0.5) is 5.69 Å². The van der Waals surface area contributed by atoms with Gasteiger partial charge < -0.3 is 15.8 Å². The number of hydrogen-bond acceptors (Lipinski definition) is 4. The Hall–Kier alpha value is -4.19. The highest BCUT2D eigenvalue weighted by Gasteiger charge is 2.15. The molecular weight excluding hydrogens is 390 g/mol. The van der Waals surface area contributed by atoms with E-state index in [9.17, 15) is 9.59 Å². The summed E-state index contributed by atoms with van der Waals surface area (Å²) in [5, 5.41) is 3.63. The fraction of sp³-hybridized carbons (Fsp3) is 0.0800. The SMILES string of the molecule is CCOc1cccc(-c2cc(C(=O)Nc3ccc(C(N)=O)cc3)c3ccccc3n2)c1. The number of nitrogens with zero attached hydrogens (tertiary/aromatic N) is 1. The molecule has 0 atom stereocenters. The Balaban J connectivity index is 1.73. The number of pyridine rings is 1. The number of ether oxygens (including phenoxy) is 1. The number of nitrogens with two attached hydrogens (primary N) is 1. The molecule has 2 amide bonds. The lowest BCUT2D eigenvalue weighted by atomic mass is 10.0. The molecule has 3 N–H and O–H groups in total. The van der Waals surface area contributed by atoms with E-state index < -0.39 is 5.91 Å². The van der Waals surface area contributed by atoms with Gasteiger partial charge in [0.15, 0.2) is 0 Å². The number of hydrogen-bond donors (Lipinski definition) is 2. The lowest BCUT2D eigenvalue weighted by Crippen LogP contribution is -2.14. The van der Waals surface area contributed by atoms with E-state index in [4.69, 9.17) is 15.5 Å². The Morgan fingerprint density at radius 1 is 0.968 bits per heavy atom. The normalized spacial score (nSPS) is 10.6. The number of nitrogens with one attached hydrogen (secondary N) is 1. The van der Waals surface area contributed by atoms with Crippen LogP contribution in [0.2, 0.25) is 0 Å². The van der Waals surface area contributed by atoms with Crippen molar-refractivity contribution in [1.82, 2.24) is 4.98 Å². The molecule has 0 aliphatic rings. The molecule has 0 aliphatic heterocycles. The zero-order valence-corrected chi connectivity index (χ0v) is 17.0. The maximum atomic E-state index is 13.1. The molecule has 0 fully saturated rings. The number of rotatable bonds is 6. The average molecular weight is 411 g/mol. The zero-order valence-electron chi connectivity index (χ0n) is 17.0. The first-order valence-corrected chi connectivity index (χ1v) is 9.89. The molecule has 0 saturated carbocycles. The quantitative estimate of drug-likeness (QED) is 0.483. The standard InChI is InChI=1S/C25H21N3O3/c1-2-31-19-7-5-6-17(14-19)23-15-21(20-8-3-4-9-22(20)28-23)25(30)27-18-12-10-16(11-13-18)24(26)29/h3-15H,2H2,1H3,(H2,26,29)(H,27,30). The number of fused-ring (bicyclic) bond motifs is 1. The molecule has 0 unspecified atom stereocenters. The molecule has 31 heavy (non-hydrogen) atoms. The van der Waals surface area contributed by atoms with Crippen LogP contribution < -0.4 is 15.8 Å². The van der Waals surface area contributed by atoms with Crippen molar-refractivity contribution in [3.8, 4) is 17.0 Å². The molecule has 6 nitrogen and oxygen atoms in total. The highest BCUT2D eigenvalue weighted by Crippen LogP contribution is 2.28. The summed E-state index contributed by atoms with van der Waals surface area (Å²) in [6, 6.07) is 23.4. The van der Waals surface area contributed by atoms with Crippen LogP contribution in [0.15, 0.2) is 78.9 Å². The first-order valence-electron chi connectivity index (χ1n) is 9.89. The van der Waals surface area contributed by atoms with Gasteiger partial charge in [-0.15, -0.1) is 0 Å². The summed E-state index contributed by atoms with van der Waals surface area (Å²) in [5.41, 5.74) is 8.97. The van der Waals surface area contributed by atoms with Gasteiger partial charge in [-0.1, -0.05) is 30.3 Å². The largest absolute Gasteiger partial charge is 0.494 e. The van der Waals surface area contributed by atoms with Crippen molar-refractivity contribution in [3.05, 3.63) is 90.0 Å². The smallest absolute Gasteiger partial charge is 0.256 e. The molecule has 154 valence electrons. The Bertz CT molecular complexity index is 1270. The number of carbonyl (C=O) groups excluding carboxylic acids is 2. The minimum Gasteiger partial charge on any atom is -0.494 e. The molecule has 0 saturated heterocycles. The summed E-state index contributed by atoms with van der Waals surface area (Å²) in [6.07, 6.45) is 0. The molecule has 4 rings (SSSR count). The van der Waals surface area contributed by atoms with E-state index in [1.807, 2.05) is 55.5 Å². The highest BCUT2D eigenvalue weighted by atomic mass is 16.5. The minimum absolute atomic E-state index is 0.271. The second-order valence-electron chi connectivity index (χ2n) is 6.93. The second kappa shape index (κ2) is 8.67. The Morgan fingerprint density at radius 3 is 2.48 bits per heavy atom. The Kier molecular flexibility index (Phi) is 5.62. The van der Waals surface area contributed by atoms with Gasteiger partial charge in [-0.05, 0) is 55.5 Å². The van der Waals surface area contributed by atoms with Gasteiger partial charge in [0.25, 0.3) is 5.91 Å². The number of primary amides is 1. The van der Waals surface area contributed by atoms with E-state index in [-0.39, 0.29) is 5.91 Å². The topological polar surface area (TPSA) is 94.3 Å². The zero-order chi connectivity index (χ0) is 21.8. The van der Waals surface area contributed by atoms with Crippen LogP contribution in [-0.2, 0) is 0 Å². The summed E-state index contributed by atoms with van der Waals surface area (Å²) in [6.45, 7) is 2.50. The molecule has 0 aliphatic carbocycles. The summed E-state index contributed by atoms with van der Waals surface area (Å²) < 4.78 is 5.60. The molecular formula is C25H21N3O3. The van der Waals surface area contributed by atoms with Crippen molar-refractivity contribution in [1.29, 1.82) is 0 Å². The van der Waals surface area contributed by atoms with Crippen molar-refractivity contribution < 1.29 is 14.3 Å². The van der Waals surface area contributed by atoms with Crippen molar-refractivity contribution >= 4 is 28.4 Å². The molecule has 4 aromatic rings. The minimum atomic E-state index is -0.517. The van der Waals surface area contributed by atoms with E-state index >= 15 is 0 Å². The maximum absolute atomic E-state index is 13.1. The molecule has 6 heteroatoms. The van der Waals surface area contributed by atoms with Crippen LogP contribution in [0.3, 0.4) is 0 Å². The van der Waals surface area contributed by atoms with E-state index in [1.165, 1.54) is 0 Å². The van der Waals surface area contributed by atoms with Crippen molar-refractivity contribution in [2.75, 3.05) is 11.9 Å². The number of carbonyl (C=O) groups is 2. The molecule has 3 aromatic carbocycles. The van der Waals surface area contributed by atoms with E-state index in [0.29, 0.717) is 29.1 Å². The molecule has 0 spiro atoms. The Labute approximate surface area is 179 Å². The van der Waals surface area contributed by atoms with Gasteiger partial charge in [-0.3, -0.25) is 9.59 Å². The monoisotopic (exact) mass is 411 g/mol. The fourth-order valence-corrected chi connectivity index (χ4v) is 3.34.